The predicted molar refractivity (Wildman–Crippen MR) is 87.0 cm³/mol. The zero-order chi connectivity index (χ0) is 17.7. The third-order valence-electron chi connectivity index (χ3n) is 4.67. The first kappa shape index (κ1) is 18.4. The number of carboxylic acids is 1. The van der Waals surface area contributed by atoms with Crippen molar-refractivity contribution in [3.05, 3.63) is 35.6 Å². The molecule has 24 heavy (non-hydrogen) atoms. The molecule has 1 heterocycles. The maximum absolute atomic E-state index is 13.8. The average molecular weight is 337 g/mol. The first-order valence-electron chi connectivity index (χ1n) is 8.14. The van der Waals surface area contributed by atoms with Crippen molar-refractivity contribution in [2.24, 2.45) is 11.3 Å². The number of carbonyl (C=O) groups is 2. The van der Waals surface area contributed by atoms with Crippen LogP contribution in [0.5, 0.6) is 0 Å². The van der Waals surface area contributed by atoms with Gasteiger partial charge in [-0.3, -0.25) is 9.59 Å². The Morgan fingerprint density at radius 1 is 1.42 bits per heavy atom. The largest absolute Gasteiger partial charge is 0.481 e. The van der Waals surface area contributed by atoms with Crippen LogP contribution in [0.4, 0.5) is 4.39 Å². The Hall–Kier alpha value is -1.95. The number of halogens is 1. The van der Waals surface area contributed by atoms with Crippen molar-refractivity contribution in [2.45, 2.75) is 26.2 Å². The van der Waals surface area contributed by atoms with Crippen molar-refractivity contribution in [1.82, 2.24) is 4.90 Å². The Bertz CT molecular complexity index is 602. The highest BCUT2D eigenvalue weighted by atomic mass is 19.1. The number of aliphatic carboxylic acids is 1. The highest BCUT2D eigenvalue weighted by Gasteiger charge is 2.44. The lowest BCUT2D eigenvalue weighted by molar-refractivity contribution is -0.159. The molecule has 6 heteroatoms. The van der Waals surface area contributed by atoms with Crippen LogP contribution in [0.15, 0.2) is 24.3 Å². The lowest BCUT2D eigenvalue weighted by atomic mass is 9.80. The summed E-state index contributed by atoms with van der Waals surface area (Å²) in [5.74, 6) is -1.81. The molecule has 0 radical (unpaired) electrons. The van der Waals surface area contributed by atoms with Gasteiger partial charge in [-0.2, -0.15) is 0 Å². The molecule has 2 unspecified atom stereocenters. The van der Waals surface area contributed by atoms with Crippen LogP contribution in [-0.4, -0.2) is 48.7 Å². The van der Waals surface area contributed by atoms with Crippen LogP contribution in [0.3, 0.4) is 0 Å². The number of nitrogens with zero attached hydrogens (tertiary/aromatic N) is 1. The van der Waals surface area contributed by atoms with E-state index in [1.807, 2.05) is 0 Å². The highest BCUT2D eigenvalue weighted by Crippen LogP contribution is 2.32. The molecule has 1 fully saturated rings. The molecule has 1 aliphatic rings. The molecule has 5 nitrogen and oxygen atoms in total. The number of rotatable bonds is 6. The monoisotopic (exact) mass is 337 g/mol. The minimum absolute atomic E-state index is 0.0772. The first-order chi connectivity index (χ1) is 11.4. The zero-order valence-corrected chi connectivity index (χ0v) is 14.1. The van der Waals surface area contributed by atoms with E-state index in [4.69, 9.17) is 4.74 Å². The van der Waals surface area contributed by atoms with Crippen LogP contribution in [0.1, 0.15) is 25.3 Å². The number of hydrogen-bond acceptors (Lipinski definition) is 3. The first-order valence-corrected chi connectivity index (χ1v) is 8.14. The van der Waals surface area contributed by atoms with Gasteiger partial charge in [0, 0.05) is 26.1 Å². The Morgan fingerprint density at radius 3 is 2.75 bits per heavy atom. The van der Waals surface area contributed by atoms with Gasteiger partial charge in [-0.15, -0.1) is 0 Å². The number of carbonyl (C=O) groups excluding carboxylic acids is 1. The second-order valence-electron chi connectivity index (χ2n) is 6.58. The molecule has 2 atom stereocenters. The molecular weight excluding hydrogens is 313 g/mol. The van der Waals surface area contributed by atoms with Crippen LogP contribution in [0, 0.1) is 17.2 Å². The maximum Gasteiger partial charge on any atom is 0.313 e. The quantitative estimate of drug-likeness (QED) is 0.865. The van der Waals surface area contributed by atoms with Crippen molar-refractivity contribution < 1.29 is 23.8 Å². The number of benzene rings is 1. The highest BCUT2D eigenvalue weighted by molar-refractivity contribution is 5.81. The predicted octanol–water partition coefficient (Wildman–Crippen LogP) is 2.34. The molecule has 1 saturated heterocycles. The molecule has 0 aliphatic carbocycles. The molecule has 0 bridgehead atoms. The lowest BCUT2D eigenvalue weighted by Crippen LogP contribution is -2.53. The summed E-state index contributed by atoms with van der Waals surface area (Å²) in [5.41, 5.74) is -0.558. The van der Waals surface area contributed by atoms with Gasteiger partial charge in [-0.25, -0.2) is 4.39 Å². The summed E-state index contributed by atoms with van der Waals surface area (Å²) in [6, 6.07) is 6.40. The molecule has 0 spiro atoms. The molecular formula is C18H24FNO4. The fourth-order valence-corrected chi connectivity index (χ4v) is 3.34. The number of methoxy groups -OCH3 is 1. The molecule has 1 aromatic carbocycles. The van der Waals surface area contributed by atoms with Gasteiger partial charge in [0.1, 0.15) is 11.2 Å². The van der Waals surface area contributed by atoms with E-state index in [9.17, 15) is 19.1 Å². The SMILES string of the molecule is COCC1(C(=O)O)CCCN(C(=O)C(C)Cc2ccccc2F)C1. The number of carboxylic acid groups (broad SMARTS) is 1. The minimum Gasteiger partial charge on any atom is -0.481 e. The summed E-state index contributed by atoms with van der Waals surface area (Å²) >= 11 is 0. The fourth-order valence-electron chi connectivity index (χ4n) is 3.34. The summed E-state index contributed by atoms with van der Waals surface area (Å²) in [7, 11) is 1.46. The van der Waals surface area contributed by atoms with Gasteiger partial charge in [0.15, 0.2) is 0 Å². The third kappa shape index (κ3) is 3.93. The van der Waals surface area contributed by atoms with Crippen LogP contribution in [0.2, 0.25) is 0 Å². The number of amides is 1. The Kier molecular flexibility index (Phi) is 5.94. The maximum atomic E-state index is 13.8. The summed E-state index contributed by atoms with van der Waals surface area (Å²) in [6.45, 7) is 2.49. The van der Waals surface area contributed by atoms with Gasteiger partial charge in [-0.1, -0.05) is 25.1 Å². The Labute approximate surface area is 141 Å². The fraction of sp³-hybridized carbons (Fsp3) is 0.556. The summed E-state index contributed by atoms with van der Waals surface area (Å²) < 4.78 is 18.8. The van der Waals surface area contributed by atoms with E-state index in [0.717, 1.165) is 0 Å². The van der Waals surface area contributed by atoms with Crippen molar-refractivity contribution in [1.29, 1.82) is 0 Å². The van der Waals surface area contributed by atoms with E-state index in [2.05, 4.69) is 0 Å². The smallest absolute Gasteiger partial charge is 0.313 e. The summed E-state index contributed by atoms with van der Waals surface area (Å²) in [5, 5.41) is 9.56. The number of likely N-dealkylation sites (tertiary alicyclic amines) is 1. The standard InChI is InChI=1S/C18H24FNO4/c1-13(10-14-6-3-4-7-15(14)19)16(21)20-9-5-8-18(11-20,12-24-2)17(22)23/h3-4,6-7,13H,5,8-12H2,1-2H3,(H,22,23). The van der Waals surface area contributed by atoms with Gasteiger partial charge in [0.05, 0.1) is 6.61 Å². The molecule has 0 aromatic heterocycles. The summed E-state index contributed by atoms with van der Waals surface area (Å²) in [4.78, 5) is 26.0. The Balaban J connectivity index is 2.08. The second-order valence-corrected chi connectivity index (χ2v) is 6.58. The minimum atomic E-state index is -1.06. The molecule has 2 rings (SSSR count). The van der Waals surface area contributed by atoms with Crippen molar-refractivity contribution >= 4 is 11.9 Å². The van der Waals surface area contributed by atoms with Crippen molar-refractivity contribution in [3.8, 4) is 0 Å². The van der Waals surface area contributed by atoms with Crippen molar-refractivity contribution in [2.75, 3.05) is 26.8 Å². The molecule has 1 amide bonds. The van der Waals surface area contributed by atoms with Crippen LogP contribution in [0.25, 0.3) is 0 Å². The number of hydrogen-bond donors (Lipinski definition) is 1. The molecule has 1 aromatic rings. The van der Waals surface area contributed by atoms with Crippen LogP contribution < -0.4 is 0 Å². The van der Waals surface area contributed by atoms with Gasteiger partial charge < -0.3 is 14.7 Å². The zero-order valence-electron chi connectivity index (χ0n) is 14.1. The molecule has 0 saturated carbocycles. The van der Waals surface area contributed by atoms with Gasteiger partial charge in [-0.05, 0) is 30.9 Å². The second kappa shape index (κ2) is 7.75. The van der Waals surface area contributed by atoms with Crippen molar-refractivity contribution in [3.63, 3.8) is 0 Å². The van der Waals surface area contributed by atoms with E-state index >= 15 is 0 Å². The van der Waals surface area contributed by atoms with Gasteiger partial charge >= 0.3 is 5.97 Å². The number of piperidine rings is 1. The lowest BCUT2D eigenvalue weighted by Gasteiger charge is -2.40. The molecule has 1 aliphatic heterocycles. The van der Waals surface area contributed by atoms with Crippen LogP contribution in [-0.2, 0) is 20.7 Å². The number of ether oxygens (including phenoxy) is 1. The van der Waals surface area contributed by atoms with Gasteiger partial charge in [0.25, 0.3) is 0 Å². The van der Waals surface area contributed by atoms with E-state index in [0.29, 0.717) is 31.4 Å². The van der Waals surface area contributed by atoms with E-state index < -0.39 is 17.3 Å². The Morgan fingerprint density at radius 2 is 2.12 bits per heavy atom. The summed E-state index contributed by atoms with van der Waals surface area (Å²) in [6.07, 6.45) is 1.40. The third-order valence-corrected chi connectivity index (χ3v) is 4.67. The van der Waals surface area contributed by atoms with E-state index in [1.54, 1.807) is 30.0 Å². The molecule has 1 N–H and O–H groups in total. The average Bonchev–Trinajstić information content (AvgIpc) is 2.56. The topological polar surface area (TPSA) is 66.8 Å². The van der Waals surface area contributed by atoms with Crippen LogP contribution >= 0.6 is 0 Å². The molecule has 132 valence electrons. The van der Waals surface area contributed by atoms with Gasteiger partial charge in [0.2, 0.25) is 5.91 Å². The van der Waals surface area contributed by atoms with E-state index in [-0.39, 0.29) is 24.9 Å². The normalized spacial score (nSPS) is 22.2. The van der Waals surface area contributed by atoms with E-state index in [1.165, 1.54) is 13.2 Å².